The molecule has 0 aliphatic carbocycles. The van der Waals surface area contributed by atoms with Gasteiger partial charge in [0.05, 0.1) is 0 Å². The Bertz CT molecular complexity index is 431. The van der Waals surface area contributed by atoms with E-state index in [4.69, 9.17) is 0 Å². The Hall–Kier alpha value is -0.740. The van der Waals surface area contributed by atoms with Crippen molar-refractivity contribution in [2.45, 2.75) is 38.5 Å². The number of aromatic nitrogens is 1. The topological polar surface area (TPSA) is 28.2 Å². The SMILES string of the molecule is CNCc1cnc(N2CCSC(C)(C)CC2)c(C)c1. The van der Waals surface area contributed by atoms with E-state index in [2.05, 4.69) is 53.8 Å². The van der Waals surface area contributed by atoms with E-state index in [0.717, 1.165) is 25.5 Å². The van der Waals surface area contributed by atoms with E-state index in [-0.39, 0.29) is 0 Å². The van der Waals surface area contributed by atoms with Gasteiger partial charge in [0.2, 0.25) is 0 Å². The van der Waals surface area contributed by atoms with E-state index in [1.165, 1.54) is 23.3 Å². The minimum atomic E-state index is 0.398. The first kappa shape index (κ1) is 14.7. The molecule has 1 aliphatic heterocycles. The van der Waals surface area contributed by atoms with E-state index in [1.54, 1.807) is 0 Å². The molecule has 1 aliphatic rings. The molecule has 4 heteroatoms. The molecule has 0 amide bonds. The smallest absolute Gasteiger partial charge is 0.131 e. The number of rotatable bonds is 3. The molecule has 0 aromatic carbocycles. The van der Waals surface area contributed by atoms with Crippen LogP contribution in [0.5, 0.6) is 0 Å². The van der Waals surface area contributed by atoms with E-state index >= 15 is 0 Å². The van der Waals surface area contributed by atoms with Gasteiger partial charge in [-0.15, -0.1) is 0 Å². The number of pyridine rings is 1. The fourth-order valence-electron chi connectivity index (χ4n) is 2.49. The van der Waals surface area contributed by atoms with Crippen molar-refractivity contribution in [1.29, 1.82) is 0 Å². The molecule has 0 saturated carbocycles. The normalized spacial score (nSPS) is 19.3. The minimum absolute atomic E-state index is 0.398. The fraction of sp³-hybridized carbons (Fsp3) is 0.667. The van der Waals surface area contributed by atoms with Gasteiger partial charge in [-0.2, -0.15) is 11.8 Å². The van der Waals surface area contributed by atoms with Gasteiger partial charge in [-0.05, 0) is 37.6 Å². The summed E-state index contributed by atoms with van der Waals surface area (Å²) in [5.41, 5.74) is 2.55. The lowest BCUT2D eigenvalue weighted by Gasteiger charge is -2.24. The molecular weight excluding hydrogens is 254 g/mol. The zero-order valence-corrected chi connectivity index (χ0v) is 13.3. The molecule has 1 aromatic rings. The van der Waals surface area contributed by atoms with Crippen LogP contribution >= 0.6 is 11.8 Å². The Morgan fingerprint density at radius 3 is 2.89 bits per heavy atom. The molecule has 2 heterocycles. The van der Waals surface area contributed by atoms with Crippen LogP contribution in [0.3, 0.4) is 0 Å². The van der Waals surface area contributed by atoms with E-state index < -0.39 is 0 Å². The summed E-state index contributed by atoms with van der Waals surface area (Å²) in [7, 11) is 1.97. The molecule has 0 spiro atoms. The summed E-state index contributed by atoms with van der Waals surface area (Å²) >= 11 is 2.08. The molecule has 1 N–H and O–H groups in total. The second-order valence-corrected chi connectivity index (χ2v) is 7.66. The molecular formula is C15H25N3S. The zero-order chi connectivity index (χ0) is 13.9. The Kier molecular flexibility index (Phi) is 4.74. The van der Waals surface area contributed by atoms with Crippen molar-refractivity contribution < 1.29 is 0 Å². The maximum atomic E-state index is 4.69. The Labute approximate surface area is 121 Å². The van der Waals surface area contributed by atoms with Crippen molar-refractivity contribution in [2.75, 3.05) is 30.8 Å². The van der Waals surface area contributed by atoms with Crippen molar-refractivity contribution in [3.05, 3.63) is 23.4 Å². The van der Waals surface area contributed by atoms with Crippen molar-refractivity contribution in [2.24, 2.45) is 0 Å². The number of nitrogens with zero attached hydrogens (tertiary/aromatic N) is 2. The van der Waals surface area contributed by atoms with Gasteiger partial charge < -0.3 is 10.2 Å². The maximum Gasteiger partial charge on any atom is 0.131 e. The van der Waals surface area contributed by atoms with Crippen molar-refractivity contribution in [1.82, 2.24) is 10.3 Å². The number of hydrogen-bond donors (Lipinski definition) is 1. The second-order valence-electron chi connectivity index (χ2n) is 5.86. The molecule has 0 unspecified atom stereocenters. The monoisotopic (exact) mass is 279 g/mol. The molecule has 1 saturated heterocycles. The summed E-state index contributed by atoms with van der Waals surface area (Å²) < 4.78 is 0.398. The van der Waals surface area contributed by atoms with Crippen molar-refractivity contribution in [3.8, 4) is 0 Å². The lowest BCUT2D eigenvalue weighted by atomic mass is 10.1. The number of aryl methyl sites for hydroxylation is 1. The standard InChI is InChI=1S/C15H25N3S/c1-12-9-13(10-16-4)11-17-14(12)18-6-5-15(2,3)19-8-7-18/h9,11,16H,5-8,10H2,1-4H3. The highest BCUT2D eigenvalue weighted by molar-refractivity contribution is 8.00. The molecule has 0 radical (unpaired) electrons. The molecule has 1 fully saturated rings. The predicted octanol–water partition coefficient (Wildman–Crippen LogP) is 2.83. The molecule has 19 heavy (non-hydrogen) atoms. The highest BCUT2D eigenvalue weighted by Gasteiger charge is 2.24. The summed E-state index contributed by atoms with van der Waals surface area (Å²) in [6, 6.07) is 2.25. The number of nitrogens with one attached hydrogen (secondary N) is 1. The molecule has 3 nitrogen and oxygen atoms in total. The van der Waals surface area contributed by atoms with Gasteiger partial charge in [0.15, 0.2) is 0 Å². The summed E-state index contributed by atoms with van der Waals surface area (Å²) in [5.74, 6) is 2.35. The van der Waals surface area contributed by atoms with Crippen LogP contribution in [0.15, 0.2) is 12.3 Å². The first-order valence-corrected chi connectivity index (χ1v) is 7.99. The zero-order valence-electron chi connectivity index (χ0n) is 12.5. The van der Waals surface area contributed by atoms with Crippen LogP contribution in [-0.4, -0.2) is 35.6 Å². The van der Waals surface area contributed by atoms with E-state index in [9.17, 15) is 0 Å². The van der Waals surface area contributed by atoms with Gasteiger partial charge in [-0.25, -0.2) is 4.98 Å². The Morgan fingerprint density at radius 2 is 2.21 bits per heavy atom. The molecule has 106 valence electrons. The van der Waals surface area contributed by atoms with Crippen LogP contribution in [0.4, 0.5) is 5.82 Å². The largest absolute Gasteiger partial charge is 0.356 e. The number of hydrogen-bond acceptors (Lipinski definition) is 4. The van der Waals surface area contributed by atoms with Crippen LogP contribution in [-0.2, 0) is 6.54 Å². The van der Waals surface area contributed by atoms with Crippen LogP contribution in [0.1, 0.15) is 31.4 Å². The van der Waals surface area contributed by atoms with Crippen LogP contribution in [0.2, 0.25) is 0 Å². The fourth-order valence-corrected chi connectivity index (χ4v) is 3.59. The first-order chi connectivity index (χ1) is 9.02. The van der Waals surface area contributed by atoms with Crippen molar-refractivity contribution in [3.63, 3.8) is 0 Å². The summed E-state index contributed by atoms with van der Waals surface area (Å²) in [5, 5.41) is 3.17. The lowest BCUT2D eigenvalue weighted by Crippen LogP contribution is -2.28. The minimum Gasteiger partial charge on any atom is -0.356 e. The van der Waals surface area contributed by atoms with Crippen molar-refractivity contribution >= 4 is 17.6 Å². The van der Waals surface area contributed by atoms with Gasteiger partial charge in [0.1, 0.15) is 5.82 Å². The summed E-state index contributed by atoms with van der Waals surface area (Å²) in [6.45, 7) is 9.96. The molecule has 1 aromatic heterocycles. The van der Waals surface area contributed by atoms with E-state index in [0.29, 0.717) is 4.75 Å². The third-order valence-corrected chi connectivity index (χ3v) is 5.00. The number of anilines is 1. The van der Waals surface area contributed by atoms with Gasteiger partial charge in [0, 0.05) is 36.3 Å². The van der Waals surface area contributed by atoms with Crippen LogP contribution < -0.4 is 10.2 Å². The lowest BCUT2D eigenvalue weighted by molar-refractivity contribution is 0.634. The predicted molar refractivity (Wildman–Crippen MR) is 85.1 cm³/mol. The summed E-state index contributed by atoms with van der Waals surface area (Å²) in [6.07, 6.45) is 3.22. The Morgan fingerprint density at radius 1 is 1.42 bits per heavy atom. The van der Waals surface area contributed by atoms with Crippen LogP contribution in [0, 0.1) is 6.92 Å². The molecule has 0 atom stereocenters. The average molecular weight is 279 g/mol. The second kappa shape index (κ2) is 6.14. The highest BCUT2D eigenvalue weighted by atomic mass is 32.2. The van der Waals surface area contributed by atoms with E-state index in [1.807, 2.05) is 13.2 Å². The first-order valence-electron chi connectivity index (χ1n) is 7.01. The third-order valence-electron chi connectivity index (χ3n) is 3.63. The average Bonchev–Trinajstić information content (AvgIpc) is 2.51. The Balaban J connectivity index is 2.13. The molecule has 2 rings (SSSR count). The highest BCUT2D eigenvalue weighted by Crippen LogP contribution is 2.32. The van der Waals surface area contributed by atoms with Gasteiger partial charge in [0.25, 0.3) is 0 Å². The number of thioether (sulfide) groups is 1. The van der Waals surface area contributed by atoms with Crippen LogP contribution in [0.25, 0.3) is 0 Å². The third kappa shape index (κ3) is 3.86. The molecule has 0 bridgehead atoms. The van der Waals surface area contributed by atoms with Gasteiger partial charge in [-0.3, -0.25) is 0 Å². The summed E-state index contributed by atoms with van der Waals surface area (Å²) in [4.78, 5) is 7.13. The quantitative estimate of drug-likeness (QED) is 0.921. The van der Waals surface area contributed by atoms with Gasteiger partial charge >= 0.3 is 0 Å². The van der Waals surface area contributed by atoms with Gasteiger partial charge in [-0.1, -0.05) is 13.8 Å². The maximum absolute atomic E-state index is 4.69.